The summed E-state index contributed by atoms with van der Waals surface area (Å²) in [6.07, 6.45) is 3.82. The van der Waals surface area contributed by atoms with Crippen molar-refractivity contribution in [2.75, 3.05) is 31.5 Å². The lowest BCUT2D eigenvalue weighted by Crippen LogP contribution is -2.41. The van der Waals surface area contributed by atoms with Gasteiger partial charge in [-0.3, -0.25) is 9.59 Å². The monoisotopic (exact) mass is 549 g/mol. The third-order valence-corrected chi connectivity index (χ3v) is 6.53. The second-order valence-electron chi connectivity index (χ2n) is 8.38. The first-order valence-electron chi connectivity index (χ1n) is 11.9. The Morgan fingerprint density at radius 3 is 2.41 bits per heavy atom. The van der Waals surface area contributed by atoms with E-state index >= 15 is 0 Å². The Hall–Kier alpha value is -4.58. The quantitative estimate of drug-likeness (QED) is 0.256. The minimum absolute atomic E-state index is 0.148. The highest BCUT2D eigenvalue weighted by Gasteiger charge is 2.20. The van der Waals surface area contributed by atoms with Crippen LogP contribution in [0.2, 0.25) is 0 Å². The molecule has 2 heterocycles. The topological polar surface area (TPSA) is 144 Å². The van der Waals surface area contributed by atoms with Crippen LogP contribution in [0.5, 0.6) is 11.5 Å². The number of benzene rings is 2. The summed E-state index contributed by atoms with van der Waals surface area (Å²) in [5.74, 6) is -0.295. The minimum Gasteiger partial charge on any atom is -0.493 e. The summed E-state index contributed by atoms with van der Waals surface area (Å²) >= 11 is 1.50. The number of aliphatic carboxylic acids is 1. The summed E-state index contributed by atoms with van der Waals surface area (Å²) in [7, 11) is 3.12. The molecule has 1 atom stereocenters. The third kappa shape index (κ3) is 6.29. The summed E-state index contributed by atoms with van der Waals surface area (Å²) in [5, 5.41) is 19.1. The number of amides is 2. The molecule has 12 heteroatoms. The Labute approximate surface area is 228 Å². The summed E-state index contributed by atoms with van der Waals surface area (Å²) in [6, 6.07) is 14.0. The van der Waals surface area contributed by atoms with Crippen LogP contribution in [0.25, 0.3) is 16.9 Å². The second kappa shape index (κ2) is 12.3. The predicted octanol–water partition coefficient (Wildman–Crippen LogP) is 3.60. The van der Waals surface area contributed by atoms with E-state index in [1.165, 1.54) is 23.9 Å². The molecule has 0 aliphatic carbocycles. The van der Waals surface area contributed by atoms with Gasteiger partial charge >= 0.3 is 5.97 Å². The smallest absolute Gasteiger partial charge is 0.326 e. The number of anilines is 1. The number of thioether (sulfide) groups is 1. The number of fused-ring (bicyclic) bond motifs is 1. The van der Waals surface area contributed by atoms with Crippen molar-refractivity contribution in [2.45, 2.75) is 12.5 Å². The summed E-state index contributed by atoms with van der Waals surface area (Å²) in [6.45, 7) is 0. The van der Waals surface area contributed by atoms with Crippen molar-refractivity contribution in [1.29, 1.82) is 0 Å². The van der Waals surface area contributed by atoms with Gasteiger partial charge in [-0.25, -0.2) is 14.3 Å². The lowest BCUT2D eigenvalue weighted by atomic mass is 10.1. The molecule has 0 radical (unpaired) electrons. The fourth-order valence-corrected chi connectivity index (χ4v) is 4.33. The van der Waals surface area contributed by atoms with Gasteiger partial charge in [0.15, 0.2) is 22.8 Å². The molecular weight excluding hydrogens is 522 g/mol. The number of ether oxygens (including phenoxy) is 2. The molecular formula is C27H27N5O6S. The number of carbonyl (C=O) groups is 3. The van der Waals surface area contributed by atoms with Gasteiger partial charge in [-0.05, 0) is 67.0 Å². The molecule has 0 saturated carbocycles. The Balaban J connectivity index is 1.49. The molecule has 0 fully saturated rings. The zero-order chi connectivity index (χ0) is 27.9. The molecule has 0 bridgehead atoms. The largest absolute Gasteiger partial charge is 0.493 e. The first kappa shape index (κ1) is 27.5. The van der Waals surface area contributed by atoms with E-state index in [9.17, 15) is 19.5 Å². The first-order valence-corrected chi connectivity index (χ1v) is 13.2. The maximum absolute atomic E-state index is 13.0. The van der Waals surface area contributed by atoms with Crippen LogP contribution >= 0.6 is 11.8 Å². The molecule has 0 spiro atoms. The van der Waals surface area contributed by atoms with Crippen molar-refractivity contribution >= 4 is 40.9 Å². The molecule has 3 N–H and O–H groups in total. The summed E-state index contributed by atoms with van der Waals surface area (Å²) in [4.78, 5) is 41.2. The zero-order valence-electron chi connectivity index (χ0n) is 21.5. The van der Waals surface area contributed by atoms with Crippen LogP contribution in [0.15, 0.2) is 60.8 Å². The van der Waals surface area contributed by atoms with Gasteiger partial charge in [0.05, 0.1) is 19.9 Å². The number of rotatable bonds is 11. The average molecular weight is 550 g/mol. The van der Waals surface area contributed by atoms with Crippen LogP contribution in [0.1, 0.15) is 27.3 Å². The molecule has 39 heavy (non-hydrogen) atoms. The maximum atomic E-state index is 13.0. The van der Waals surface area contributed by atoms with Crippen molar-refractivity contribution in [3.63, 3.8) is 0 Å². The van der Waals surface area contributed by atoms with E-state index < -0.39 is 23.8 Å². The van der Waals surface area contributed by atoms with Crippen molar-refractivity contribution in [3.05, 3.63) is 72.1 Å². The summed E-state index contributed by atoms with van der Waals surface area (Å²) in [5.41, 5.74) is 2.85. The van der Waals surface area contributed by atoms with Crippen molar-refractivity contribution < 1.29 is 29.0 Å². The van der Waals surface area contributed by atoms with E-state index in [1.54, 1.807) is 55.3 Å². The molecule has 0 unspecified atom stereocenters. The van der Waals surface area contributed by atoms with Gasteiger partial charge in [0.2, 0.25) is 0 Å². The number of aromatic nitrogens is 3. The highest BCUT2D eigenvalue weighted by atomic mass is 32.2. The highest BCUT2D eigenvalue weighted by Crippen LogP contribution is 2.32. The van der Waals surface area contributed by atoms with Gasteiger partial charge in [0, 0.05) is 29.1 Å². The van der Waals surface area contributed by atoms with Gasteiger partial charge in [0.25, 0.3) is 11.8 Å². The van der Waals surface area contributed by atoms with Crippen LogP contribution in [0, 0.1) is 0 Å². The van der Waals surface area contributed by atoms with Gasteiger partial charge in [-0.2, -0.15) is 16.9 Å². The summed E-state index contributed by atoms with van der Waals surface area (Å²) < 4.78 is 12.3. The fraction of sp³-hybridized carbons (Fsp3) is 0.222. The van der Waals surface area contributed by atoms with Crippen LogP contribution in [-0.2, 0) is 4.79 Å². The average Bonchev–Trinajstić information content (AvgIpc) is 3.40. The van der Waals surface area contributed by atoms with Gasteiger partial charge in [0.1, 0.15) is 6.04 Å². The maximum Gasteiger partial charge on any atom is 0.326 e. The van der Waals surface area contributed by atoms with Crippen molar-refractivity contribution in [2.24, 2.45) is 0 Å². The molecule has 2 aromatic heterocycles. The number of nitrogens with zero attached hydrogens (tertiary/aromatic N) is 3. The van der Waals surface area contributed by atoms with Gasteiger partial charge < -0.3 is 25.2 Å². The van der Waals surface area contributed by atoms with Crippen LogP contribution in [0.4, 0.5) is 5.69 Å². The van der Waals surface area contributed by atoms with E-state index in [0.717, 1.165) is 5.56 Å². The molecule has 0 aliphatic heterocycles. The number of hydrogen-bond acceptors (Lipinski definition) is 8. The van der Waals surface area contributed by atoms with Crippen LogP contribution in [-0.4, -0.2) is 69.8 Å². The zero-order valence-corrected chi connectivity index (χ0v) is 22.3. The molecule has 202 valence electrons. The Morgan fingerprint density at radius 2 is 1.74 bits per heavy atom. The number of carboxylic acid groups (broad SMARTS) is 1. The third-order valence-electron chi connectivity index (χ3n) is 5.89. The second-order valence-corrected chi connectivity index (χ2v) is 9.36. The lowest BCUT2D eigenvalue weighted by Gasteiger charge is -2.14. The number of methoxy groups -OCH3 is 2. The number of nitrogens with one attached hydrogen (secondary N) is 2. The van der Waals surface area contributed by atoms with Gasteiger partial charge in [-0.1, -0.05) is 0 Å². The Kier molecular flexibility index (Phi) is 8.67. The molecule has 11 nitrogen and oxygen atoms in total. The van der Waals surface area contributed by atoms with Crippen molar-refractivity contribution in [1.82, 2.24) is 19.9 Å². The van der Waals surface area contributed by atoms with Gasteiger partial charge in [-0.15, -0.1) is 0 Å². The normalized spacial score (nSPS) is 11.6. The molecule has 4 aromatic rings. The molecule has 2 aromatic carbocycles. The molecule has 0 aliphatic rings. The fourth-order valence-electron chi connectivity index (χ4n) is 3.86. The molecule has 4 rings (SSSR count). The van der Waals surface area contributed by atoms with Crippen molar-refractivity contribution in [3.8, 4) is 22.8 Å². The highest BCUT2D eigenvalue weighted by molar-refractivity contribution is 7.98. The minimum atomic E-state index is -1.09. The number of carbonyl (C=O) groups excluding carboxylic acids is 2. The molecule has 2 amide bonds. The van der Waals surface area contributed by atoms with E-state index in [2.05, 4.69) is 20.7 Å². The van der Waals surface area contributed by atoms with E-state index in [4.69, 9.17) is 9.47 Å². The Morgan fingerprint density at radius 1 is 1.00 bits per heavy atom. The van der Waals surface area contributed by atoms with E-state index in [-0.39, 0.29) is 11.3 Å². The number of carboxylic acids is 1. The van der Waals surface area contributed by atoms with E-state index in [1.807, 2.05) is 18.4 Å². The SMILES string of the molecule is COc1ccc(-c2ccnc3cc(C(=O)Nc4ccc(C(=O)N[C@@H](CCSC)C(=O)O)cc4)nn23)cc1OC. The first-order chi connectivity index (χ1) is 18.8. The number of hydrogen-bond donors (Lipinski definition) is 3. The predicted molar refractivity (Wildman–Crippen MR) is 148 cm³/mol. The van der Waals surface area contributed by atoms with E-state index in [0.29, 0.717) is 40.7 Å². The van der Waals surface area contributed by atoms with Crippen LogP contribution < -0.4 is 20.1 Å². The lowest BCUT2D eigenvalue weighted by molar-refractivity contribution is -0.139. The molecule has 0 saturated heterocycles. The Bertz CT molecular complexity index is 1500. The van der Waals surface area contributed by atoms with Crippen LogP contribution in [0.3, 0.4) is 0 Å². The standard InChI is InChI=1S/C27H27N5O6S/c1-37-22-9-6-17(14-23(22)38-2)21-10-12-28-24-15-20(31-32(21)24)26(34)29-18-7-4-16(5-8-18)25(33)30-19(27(35)36)11-13-39-3/h4-10,12,14-15,19H,11,13H2,1-3H3,(H,29,34)(H,30,33)(H,35,36)/t19-/m0/s1.